The average molecular weight is 322 g/mol. The molecule has 0 N–H and O–H groups in total. The molecule has 0 heterocycles. The third-order valence-corrected chi connectivity index (χ3v) is 2.57. The first-order chi connectivity index (χ1) is 10.7. The second kappa shape index (κ2) is 8.22. The molecule has 0 aliphatic heterocycles. The van der Waals surface area contributed by atoms with Crippen LogP contribution in [-0.2, 0) is 19.1 Å². The van der Waals surface area contributed by atoms with Crippen molar-refractivity contribution in [1.29, 1.82) is 0 Å². The molecule has 0 aromatic heterocycles. The Morgan fingerprint density at radius 1 is 1.13 bits per heavy atom. The van der Waals surface area contributed by atoms with Crippen molar-refractivity contribution in [3.8, 4) is 11.5 Å². The number of rotatable bonds is 6. The van der Waals surface area contributed by atoms with Crippen molar-refractivity contribution in [1.82, 2.24) is 0 Å². The van der Waals surface area contributed by atoms with E-state index in [1.807, 2.05) is 0 Å². The summed E-state index contributed by atoms with van der Waals surface area (Å²) in [6, 6.07) is 5.09. The molecule has 1 aromatic carbocycles. The van der Waals surface area contributed by atoms with Crippen LogP contribution in [0, 0.1) is 0 Å². The number of esters is 2. The van der Waals surface area contributed by atoms with Gasteiger partial charge in [-0.05, 0) is 44.5 Å². The highest BCUT2D eigenvalue weighted by atomic mass is 16.6. The summed E-state index contributed by atoms with van der Waals surface area (Å²) in [7, 11) is 2.80. The predicted molar refractivity (Wildman–Crippen MR) is 85.4 cm³/mol. The average Bonchev–Trinajstić information content (AvgIpc) is 2.48. The third-order valence-electron chi connectivity index (χ3n) is 2.57. The summed E-state index contributed by atoms with van der Waals surface area (Å²) in [5, 5.41) is 0. The Bertz CT molecular complexity index is 583. The number of methoxy groups -OCH3 is 2. The van der Waals surface area contributed by atoms with Crippen LogP contribution in [0.3, 0.4) is 0 Å². The molecular weight excluding hydrogens is 300 g/mol. The minimum absolute atomic E-state index is 0.238. The summed E-state index contributed by atoms with van der Waals surface area (Å²) in [6.07, 6.45) is 2.87. The van der Waals surface area contributed by atoms with Crippen molar-refractivity contribution in [2.24, 2.45) is 0 Å². The van der Waals surface area contributed by atoms with Gasteiger partial charge in [-0.1, -0.05) is 6.07 Å². The molecule has 0 aliphatic carbocycles. The Morgan fingerprint density at radius 2 is 1.83 bits per heavy atom. The molecule has 6 nitrogen and oxygen atoms in total. The standard InChI is InChI=1S/C17H22O6/c1-17(2,3)23-16(19)11-22-14-10-12(6-8-13(14)20-4)7-9-15(18)21-5/h6-10H,11H2,1-5H3/b9-7+. The van der Waals surface area contributed by atoms with E-state index in [-0.39, 0.29) is 6.61 Å². The van der Waals surface area contributed by atoms with Gasteiger partial charge in [0.15, 0.2) is 18.1 Å². The fourth-order valence-electron chi connectivity index (χ4n) is 1.65. The highest BCUT2D eigenvalue weighted by Crippen LogP contribution is 2.28. The smallest absolute Gasteiger partial charge is 0.344 e. The number of carbonyl (C=O) groups excluding carboxylic acids is 2. The maximum Gasteiger partial charge on any atom is 0.344 e. The van der Waals surface area contributed by atoms with Crippen LogP contribution in [0.5, 0.6) is 11.5 Å². The summed E-state index contributed by atoms with van der Waals surface area (Å²) in [5.74, 6) is -0.0822. The molecule has 0 amide bonds. The normalized spacial score (nSPS) is 11.2. The van der Waals surface area contributed by atoms with E-state index in [0.717, 1.165) is 0 Å². The van der Waals surface area contributed by atoms with Gasteiger partial charge < -0.3 is 18.9 Å². The minimum Gasteiger partial charge on any atom is -0.493 e. The SMILES string of the molecule is COC(=O)/C=C/c1ccc(OC)c(OCC(=O)OC(C)(C)C)c1. The van der Waals surface area contributed by atoms with Gasteiger partial charge in [0, 0.05) is 6.08 Å². The van der Waals surface area contributed by atoms with Gasteiger partial charge in [0.25, 0.3) is 0 Å². The Hall–Kier alpha value is -2.50. The van der Waals surface area contributed by atoms with E-state index in [1.165, 1.54) is 20.3 Å². The van der Waals surface area contributed by atoms with Gasteiger partial charge in [-0.2, -0.15) is 0 Å². The predicted octanol–water partition coefficient (Wildman–Crippen LogP) is 2.60. The summed E-state index contributed by atoms with van der Waals surface area (Å²) in [4.78, 5) is 22.8. The Kier molecular flexibility index (Phi) is 6.63. The van der Waals surface area contributed by atoms with Crippen molar-refractivity contribution in [3.63, 3.8) is 0 Å². The largest absolute Gasteiger partial charge is 0.493 e. The van der Waals surface area contributed by atoms with E-state index in [1.54, 1.807) is 45.0 Å². The molecule has 126 valence electrons. The molecule has 6 heteroatoms. The van der Waals surface area contributed by atoms with Gasteiger partial charge >= 0.3 is 11.9 Å². The zero-order valence-electron chi connectivity index (χ0n) is 14.0. The monoisotopic (exact) mass is 322 g/mol. The number of hydrogen-bond acceptors (Lipinski definition) is 6. The lowest BCUT2D eigenvalue weighted by Gasteiger charge is -2.19. The summed E-state index contributed by atoms with van der Waals surface area (Å²) in [5.41, 5.74) is 0.130. The van der Waals surface area contributed by atoms with Crippen molar-refractivity contribution in [2.45, 2.75) is 26.4 Å². The molecule has 0 unspecified atom stereocenters. The Labute approximate surface area is 136 Å². The first kappa shape index (κ1) is 18.5. The van der Waals surface area contributed by atoms with Crippen LogP contribution in [0.15, 0.2) is 24.3 Å². The molecule has 0 spiro atoms. The first-order valence-corrected chi connectivity index (χ1v) is 7.04. The molecule has 1 rings (SSSR count). The first-order valence-electron chi connectivity index (χ1n) is 7.04. The van der Waals surface area contributed by atoms with Crippen molar-refractivity contribution in [3.05, 3.63) is 29.8 Å². The summed E-state index contributed by atoms with van der Waals surface area (Å²) >= 11 is 0. The molecule has 0 aliphatic rings. The van der Waals surface area contributed by atoms with E-state index < -0.39 is 17.5 Å². The minimum atomic E-state index is -0.574. The van der Waals surface area contributed by atoms with E-state index >= 15 is 0 Å². The van der Waals surface area contributed by atoms with Crippen LogP contribution in [0.1, 0.15) is 26.3 Å². The molecule has 0 fully saturated rings. The lowest BCUT2D eigenvalue weighted by Crippen LogP contribution is -2.27. The molecule has 0 saturated carbocycles. The maximum absolute atomic E-state index is 11.7. The van der Waals surface area contributed by atoms with Gasteiger partial charge in [-0.25, -0.2) is 9.59 Å². The summed E-state index contributed by atoms with van der Waals surface area (Å²) in [6.45, 7) is 5.11. The van der Waals surface area contributed by atoms with Crippen LogP contribution in [0.25, 0.3) is 6.08 Å². The van der Waals surface area contributed by atoms with Crippen LogP contribution >= 0.6 is 0 Å². The fraction of sp³-hybridized carbons (Fsp3) is 0.412. The molecule has 23 heavy (non-hydrogen) atoms. The fourth-order valence-corrected chi connectivity index (χ4v) is 1.65. The van der Waals surface area contributed by atoms with Crippen LogP contribution in [0.4, 0.5) is 0 Å². The van der Waals surface area contributed by atoms with Crippen molar-refractivity contribution in [2.75, 3.05) is 20.8 Å². The highest BCUT2D eigenvalue weighted by molar-refractivity contribution is 5.87. The zero-order valence-corrected chi connectivity index (χ0v) is 14.0. The molecule has 0 atom stereocenters. The molecule has 1 aromatic rings. The van der Waals surface area contributed by atoms with Gasteiger partial charge in [0.2, 0.25) is 0 Å². The van der Waals surface area contributed by atoms with Gasteiger partial charge in [0.1, 0.15) is 5.60 Å². The van der Waals surface area contributed by atoms with Crippen LogP contribution < -0.4 is 9.47 Å². The number of hydrogen-bond donors (Lipinski definition) is 0. The van der Waals surface area contributed by atoms with E-state index in [4.69, 9.17) is 14.2 Å². The van der Waals surface area contributed by atoms with Gasteiger partial charge in [0.05, 0.1) is 14.2 Å². The quantitative estimate of drug-likeness (QED) is 0.592. The second-order valence-corrected chi connectivity index (χ2v) is 5.64. The number of ether oxygens (including phenoxy) is 4. The highest BCUT2D eigenvalue weighted by Gasteiger charge is 2.17. The molecule has 0 saturated heterocycles. The lowest BCUT2D eigenvalue weighted by atomic mass is 10.2. The topological polar surface area (TPSA) is 71.1 Å². The third kappa shape index (κ3) is 6.86. The maximum atomic E-state index is 11.7. The van der Waals surface area contributed by atoms with Crippen LogP contribution in [-0.4, -0.2) is 38.4 Å². The zero-order chi connectivity index (χ0) is 17.5. The molecule has 0 bridgehead atoms. The van der Waals surface area contributed by atoms with E-state index in [9.17, 15) is 9.59 Å². The van der Waals surface area contributed by atoms with E-state index in [2.05, 4.69) is 4.74 Å². The van der Waals surface area contributed by atoms with Crippen LogP contribution in [0.2, 0.25) is 0 Å². The van der Waals surface area contributed by atoms with Crippen molar-refractivity contribution >= 4 is 18.0 Å². The number of carbonyl (C=O) groups is 2. The van der Waals surface area contributed by atoms with Crippen molar-refractivity contribution < 1.29 is 28.5 Å². The molecule has 0 radical (unpaired) electrons. The second-order valence-electron chi connectivity index (χ2n) is 5.64. The number of benzene rings is 1. The van der Waals surface area contributed by atoms with E-state index in [0.29, 0.717) is 17.1 Å². The molecular formula is C17H22O6. The summed E-state index contributed by atoms with van der Waals surface area (Å²) < 4.78 is 20.4. The van der Waals surface area contributed by atoms with Gasteiger partial charge in [-0.15, -0.1) is 0 Å². The van der Waals surface area contributed by atoms with Gasteiger partial charge in [-0.3, -0.25) is 0 Å². The lowest BCUT2D eigenvalue weighted by molar-refractivity contribution is -0.157. The Morgan fingerprint density at radius 3 is 2.39 bits per heavy atom. The Balaban J connectivity index is 2.81.